The van der Waals surface area contributed by atoms with Crippen molar-refractivity contribution in [2.45, 2.75) is 45.7 Å². The van der Waals surface area contributed by atoms with Crippen LogP contribution in [0.1, 0.15) is 62.0 Å². The summed E-state index contributed by atoms with van der Waals surface area (Å²) in [5.41, 5.74) is -0.694. The third-order valence-corrected chi connectivity index (χ3v) is 6.28. The molecule has 0 radical (unpaired) electrons. The molecule has 4 rings (SSSR count). The Hall–Kier alpha value is -3.06. The SMILES string of the molecule is [2H]C(CC)(Nc1c(Nc2ccc(Cl)c3c2C(=O)N(C)C3(C)C)c(=O)c1=O)c1ccc(C)o1. The van der Waals surface area contributed by atoms with E-state index in [2.05, 4.69) is 10.6 Å². The van der Waals surface area contributed by atoms with Gasteiger partial charge in [-0.05, 0) is 51.5 Å². The predicted molar refractivity (Wildman–Crippen MR) is 121 cm³/mol. The molecule has 0 fully saturated rings. The van der Waals surface area contributed by atoms with Crippen LogP contribution in [0, 0.1) is 6.92 Å². The Morgan fingerprint density at radius 1 is 1.16 bits per heavy atom. The van der Waals surface area contributed by atoms with Crippen molar-refractivity contribution >= 4 is 34.6 Å². The van der Waals surface area contributed by atoms with E-state index in [0.29, 0.717) is 33.4 Å². The maximum atomic E-state index is 13.0. The number of anilines is 3. The molecule has 0 saturated heterocycles. The van der Waals surface area contributed by atoms with Gasteiger partial charge >= 0.3 is 0 Å². The van der Waals surface area contributed by atoms with Gasteiger partial charge in [0.15, 0.2) is 0 Å². The molecule has 162 valence electrons. The first-order chi connectivity index (χ1) is 14.9. The first kappa shape index (κ1) is 19.9. The molecule has 0 aliphatic carbocycles. The van der Waals surface area contributed by atoms with E-state index in [0.717, 1.165) is 0 Å². The van der Waals surface area contributed by atoms with E-state index in [1.54, 1.807) is 50.1 Å². The minimum Gasteiger partial charge on any atom is -0.464 e. The molecule has 1 aromatic heterocycles. The quantitative estimate of drug-likeness (QED) is 0.547. The number of rotatable bonds is 6. The molecule has 7 nitrogen and oxygen atoms in total. The molecule has 1 amide bonds. The molecular formula is C23H24ClN3O4. The molecule has 3 aromatic rings. The van der Waals surface area contributed by atoms with Crippen molar-refractivity contribution in [1.29, 1.82) is 0 Å². The van der Waals surface area contributed by atoms with Crippen molar-refractivity contribution in [2.24, 2.45) is 0 Å². The lowest BCUT2D eigenvalue weighted by Crippen LogP contribution is -2.37. The molecule has 0 saturated carbocycles. The summed E-state index contributed by atoms with van der Waals surface area (Å²) in [6.07, 6.45) is 0.284. The van der Waals surface area contributed by atoms with E-state index >= 15 is 0 Å². The zero-order chi connectivity index (χ0) is 23.6. The number of nitrogens with one attached hydrogen (secondary N) is 2. The summed E-state index contributed by atoms with van der Waals surface area (Å²) in [6, 6.07) is 5.23. The number of halogens is 1. The van der Waals surface area contributed by atoms with Crippen LogP contribution in [0.4, 0.5) is 17.1 Å². The van der Waals surface area contributed by atoms with Gasteiger partial charge in [-0.3, -0.25) is 14.4 Å². The molecule has 2 aromatic carbocycles. The highest BCUT2D eigenvalue weighted by atomic mass is 35.5. The number of furan rings is 1. The van der Waals surface area contributed by atoms with Gasteiger partial charge in [0.2, 0.25) is 0 Å². The van der Waals surface area contributed by atoms with Crippen LogP contribution in [-0.4, -0.2) is 17.9 Å². The molecule has 0 spiro atoms. The second kappa shape index (κ2) is 7.27. The molecule has 2 N–H and O–H groups in total. The van der Waals surface area contributed by atoms with Gasteiger partial charge in [-0.2, -0.15) is 0 Å². The fourth-order valence-electron chi connectivity index (χ4n) is 3.93. The van der Waals surface area contributed by atoms with E-state index < -0.39 is 22.4 Å². The Labute approximate surface area is 186 Å². The first-order valence-electron chi connectivity index (χ1n) is 10.5. The highest BCUT2D eigenvalue weighted by Crippen LogP contribution is 2.45. The lowest BCUT2D eigenvalue weighted by atomic mass is 9.93. The van der Waals surface area contributed by atoms with Gasteiger partial charge in [0.05, 0.1) is 24.2 Å². The summed E-state index contributed by atoms with van der Waals surface area (Å²) in [5.74, 6) is 0.734. The van der Waals surface area contributed by atoms with E-state index in [9.17, 15) is 14.4 Å². The highest BCUT2D eigenvalue weighted by Gasteiger charge is 2.44. The number of aryl methyl sites for hydroxylation is 1. The summed E-state index contributed by atoms with van der Waals surface area (Å²) in [7, 11) is 1.69. The Balaban J connectivity index is 1.75. The number of fused-ring (bicyclic) bond motifs is 1. The monoisotopic (exact) mass is 442 g/mol. The minimum atomic E-state index is -1.44. The van der Waals surface area contributed by atoms with E-state index in [1.807, 2.05) is 13.8 Å². The van der Waals surface area contributed by atoms with E-state index in [4.69, 9.17) is 17.4 Å². The zero-order valence-electron chi connectivity index (χ0n) is 19.0. The van der Waals surface area contributed by atoms with Crippen LogP contribution in [0.2, 0.25) is 5.02 Å². The fraction of sp³-hybridized carbons (Fsp3) is 0.348. The summed E-state index contributed by atoms with van der Waals surface area (Å²) < 4.78 is 14.4. The molecule has 31 heavy (non-hydrogen) atoms. The van der Waals surface area contributed by atoms with Crippen molar-refractivity contribution in [2.75, 3.05) is 17.7 Å². The van der Waals surface area contributed by atoms with Crippen molar-refractivity contribution < 1.29 is 10.6 Å². The van der Waals surface area contributed by atoms with Crippen molar-refractivity contribution in [3.8, 4) is 0 Å². The van der Waals surface area contributed by atoms with E-state index in [1.165, 1.54) is 0 Å². The van der Waals surface area contributed by atoms with Crippen molar-refractivity contribution in [1.82, 2.24) is 4.90 Å². The molecule has 8 heteroatoms. The minimum absolute atomic E-state index is 0.00744. The number of benzene rings is 1. The molecule has 1 atom stereocenters. The third-order valence-electron chi connectivity index (χ3n) is 5.96. The summed E-state index contributed by atoms with van der Waals surface area (Å²) in [6.45, 7) is 7.31. The number of amides is 1. The normalized spacial score (nSPS) is 17.4. The topological polar surface area (TPSA) is 91.6 Å². The average molecular weight is 443 g/mol. The Morgan fingerprint density at radius 2 is 1.84 bits per heavy atom. The van der Waals surface area contributed by atoms with Gasteiger partial charge in [-0.25, -0.2) is 0 Å². The number of carbonyl (C=O) groups excluding carboxylic acids is 1. The molecular weight excluding hydrogens is 418 g/mol. The Morgan fingerprint density at radius 3 is 2.45 bits per heavy atom. The first-order valence-corrected chi connectivity index (χ1v) is 10.4. The van der Waals surface area contributed by atoms with Crippen LogP contribution in [0.5, 0.6) is 0 Å². The molecule has 1 aliphatic heterocycles. The van der Waals surface area contributed by atoms with Gasteiger partial charge in [0, 0.05) is 17.6 Å². The number of carbonyl (C=O) groups is 1. The smallest absolute Gasteiger partial charge is 0.256 e. The summed E-state index contributed by atoms with van der Waals surface area (Å²) in [5, 5.41) is 6.27. The molecule has 1 unspecified atom stereocenters. The van der Waals surface area contributed by atoms with Crippen molar-refractivity contribution in [3.63, 3.8) is 0 Å². The fourth-order valence-corrected chi connectivity index (χ4v) is 4.32. The van der Waals surface area contributed by atoms with Gasteiger partial charge in [-0.15, -0.1) is 0 Å². The lowest BCUT2D eigenvalue weighted by molar-refractivity contribution is 0.0692. The number of nitrogens with zero attached hydrogens (tertiary/aromatic N) is 1. The second-order valence-corrected chi connectivity index (χ2v) is 8.58. The van der Waals surface area contributed by atoms with Gasteiger partial charge < -0.3 is 20.0 Å². The third kappa shape index (κ3) is 3.15. The molecule has 0 bridgehead atoms. The van der Waals surface area contributed by atoms with Crippen LogP contribution in [0.15, 0.2) is 38.3 Å². The maximum absolute atomic E-state index is 13.0. The lowest BCUT2D eigenvalue weighted by Gasteiger charge is -2.29. The van der Waals surface area contributed by atoms with Gasteiger partial charge in [0.1, 0.15) is 22.9 Å². The Bertz CT molecular complexity index is 1320. The van der Waals surface area contributed by atoms with E-state index in [-0.39, 0.29) is 23.7 Å². The highest BCUT2D eigenvalue weighted by molar-refractivity contribution is 6.32. The second-order valence-electron chi connectivity index (χ2n) is 8.17. The van der Waals surface area contributed by atoms with Gasteiger partial charge in [0.25, 0.3) is 16.8 Å². The zero-order valence-corrected chi connectivity index (χ0v) is 18.7. The van der Waals surface area contributed by atoms with Crippen LogP contribution >= 0.6 is 11.6 Å². The number of hydrogen-bond donors (Lipinski definition) is 2. The van der Waals surface area contributed by atoms with Crippen molar-refractivity contribution in [3.05, 3.63) is 72.4 Å². The maximum Gasteiger partial charge on any atom is 0.256 e. The van der Waals surface area contributed by atoms with Crippen LogP contribution in [-0.2, 0) is 5.54 Å². The standard InChI is InChI=1S/C23H24ClN3O4/c1-6-13(15-10-7-11(2)31-15)25-18-19(21(29)20(18)28)26-14-9-8-12(24)17-16(14)22(30)27(5)23(17,3)4/h7-10,13,25-26H,6H2,1-5H3/i13D. The van der Waals surface area contributed by atoms with Crippen LogP contribution in [0.25, 0.3) is 0 Å². The average Bonchev–Trinajstić information content (AvgIpc) is 3.28. The summed E-state index contributed by atoms with van der Waals surface area (Å²) in [4.78, 5) is 39.3. The molecule has 1 aliphatic rings. The molecule has 2 heterocycles. The summed E-state index contributed by atoms with van der Waals surface area (Å²) >= 11 is 6.41. The van der Waals surface area contributed by atoms with Crippen LogP contribution < -0.4 is 21.5 Å². The largest absolute Gasteiger partial charge is 0.464 e. The van der Waals surface area contributed by atoms with Crippen LogP contribution in [0.3, 0.4) is 0 Å². The van der Waals surface area contributed by atoms with Gasteiger partial charge in [-0.1, -0.05) is 18.5 Å². The number of hydrogen-bond acceptors (Lipinski definition) is 6. The predicted octanol–water partition coefficient (Wildman–Crippen LogP) is 4.46. The Kier molecular flexibility index (Phi) is 4.66.